The molecule has 0 saturated heterocycles. The summed E-state index contributed by atoms with van der Waals surface area (Å²) in [6.45, 7) is 3.54. The standard InChI is InChI=1S/C25H30N6O2/c1-2-27-24(32)19-10-14-21(15-11-19)31-22(23(29-30-31)25(33)28-20-12-13-20)17-26-16-6-9-18-7-4-3-5-8-18/h3-5,7-8,10-11,14-15,20,26H,2,6,9,12-13,16-17H2,1H3,(H,27,32)(H,28,33)/p-1. The predicted molar refractivity (Wildman–Crippen MR) is 125 cm³/mol. The Labute approximate surface area is 193 Å². The molecule has 0 spiro atoms. The van der Waals surface area contributed by atoms with Crippen LogP contribution >= 0.6 is 0 Å². The Morgan fingerprint density at radius 2 is 1.91 bits per heavy atom. The smallest absolute Gasteiger partial charge is 0.274 e. The number of carbonyl (C=O) groups excluding carboxylic acids is 1. The molecule has 8 heteroatoms. The summed E-state index contributed by atoms with van der Waals surface area (Å²) in [6, 6.07) is 17.7. The Bertz CT molecular complexity index is 1090. The van der Waals surface area contributed by atoms with Gasteiger partial charge >= 0.3 is 0 Å². The number of nitrogens with zero attached hydrogens (tertiary/aromatic N) is 4. The van der Waals surface area contributed by atoms with Gasteiger partial charge in [0.05, 0.1) is 11.4 Å². The molecular weight excluding hydrogens is 416 g/mol. The second-order valence-electron chi connectivity index (χ2n) is 8.14. The van der Waals surface area contributed by atoms with Crippen molar-refractivity contribution in [3.8, 4) is 5.69 Å². The fraction of sp³-hybridized carbons (Fsp3) is 0.360. The third-order valence-corrected chi connectivity index (χ3v) is 5.51. The number of amides is 1. The minimum atomic E-state index is -0.243. The largest absolute Gasteiger partial charge is 0.858 e. The minimum absolute atomic E-state index is 0.196. The molecule has 1 heterocycles. The van der Waals surface area contributed by atoms with Gasteiger partial charge in [0, 0.05) is 19.1 Å². The fourth-order valence-electron chi connectivity index (χ4n) is 3.57. The zero-order valence-corrected chi connectivity index (χ0v) is 18.8. The Morgan fingerprint density at radius 3 is 2.61 bits per heavy atom. The van der Waals surface area contributed by atoms with Crippen LogP contribution in [-0.4, -0.2) is 45.9 Å². The summed E-state index contributed by atoms with van der Waals surface area (Å²) in [5.74, 6) is -0.439. The number of benzene rings is 2. The van der Waals surface area contributed by atoms with Gasteiger partial charge in [-0.15, -0.1) is 5.10 Å². The average Bonchev–Trinajstić information content (AvgIpc) is 3.55. The Balaban J connectivity index is 1.47. The summed E-state index contributed by atoms with van der Waals surface area (Å²) < 4.78 is 1.66. The molecular formula is C25H29N6O2-. The van der Waals surface area contributed by atoms with E-state index in [0.29, 0.717) is 30.0 Å². The van der Waals surface area contributed by atoms with Crippen LogP contribution in [0.5, 0.6) is 0 Å². The second kappa shape index (κ2) is 10.9. The fourth-order valence-corrected chi connectivity index (χ4v) is 3.57. The first-order valence-electron chi connectivity index (χ1n) is 11.5. The van der Waals surface area contributed by atoms with Gasteiger partial charge in [-0.1, -0.05) is 47.7 Å². The van der Waals surface area contributed by atoms with E-state index in [1.54, 1.807) is 28.9 Å². The van der Waals surface area contributed by atoms with Crippen molar-refractivity contribution in [3.05, 3.63) is 77.1 Å². The predicted octanol–water partition coefficient (Wildman–Crippen LogP) is 2.01. The van der Waals surface area contributed by atoms with E-state index in [9.17, 15) is 9.90 Å². The zero-order chi connectivity index (χ0) is 23.0. The van der Waals surface area contributed by atoms with Gasteiger partial charge in [-0.05, 0) is 68.3 Å². The van der Waals surface area contributed by atoms with Crippen molar-refractivity contribution >= 4 is 11.8 Å². The van der Waals surface area contributed by atoms with Crippen molar-refractivity contribution in [3.63, 3.8) is 0 Å². The maximum Gasteiger partial charge on any atom is 0.274 e. The Hall–Kier alpha value is -3.52. The highest BCUT2D eigenvalue weighted by molar-refractivity contribution is 5.94. The topological polar surface area (TPSA) is 107 Å². The van der Waals surface area contributed by atoms with E-state index in [4.69, 9.17) is 0 Å². The second-order valence-corrected chi connectivity index (χ2v) is 8.14. The van der Waals surface area contributed by atoms with Gasteiger partial charge in [0.2, 0.25) is 0 Å². The van der Waals surface area contributed by atoms with Crippen LogP contribution in [0.15, 0.2) is 59.6 Å². The van der Waals surface area contributed by atoms with Crippen LogP contribution in [-0.2, 0) is 13.0 Å². The molecule has 0 unspecified atom stereocenters. The highest BCUT2D eigenvalue weighted by atomic mass is 16.3. The van der Waals surface area contributed by atoms with E-state index < -0.39 is 0 Å². The lowest BCUT2D eigenvalue weighted by molar-refractivity contribution is -0.213. The molecule has 4 rings (SSSR count). The van der Waals surface area contributed by atoms with Crippen LogP contribution in [0.4, 0.5) is 0 Å². The van der Waals surface area contributed by atoms with Crippen molar-refractivity contribution < 1.29 is 9.90 Å². The normalized spacial score (nSPS) is 13.8. The first-order valence-corrected chi connectivity index (χ1v) is 11.5. The molecule has 1 saturated carbocycles. The highest BCUT2D eigenvalue weighted by Gasteiger charge is 2.27. The van der Waals surface area contributed by atoms with Gasteiger partial charge in [-0.3, -0.25) is 4.79 Å². The summed E-state index contributed by atoms with van der Waals surface area (Å²) in [7, 11) is 0. The number of aliphatic imine (C=N–C) groups is 1. The number of aryl methyl sites for hydroxylation is 1. The van der Waals surface area contributed by atoms with Crippen molar-refractivity contribution in [1.82, 2.24) is 25.6 Å². The molecule has 2 aromatic carbocycles. The average molecular weight is 446 g/mol. The van der Waals surface area contributed by atoms with Gasteiger partial charge in [-0.25, -0.2) is 4.68 Å². The molecule has 8 nitrogen and oxygen atoms in total. The summed E-state index contributed by atoms with van der Waals surface area (Å²) >= 11 is 0. The van der Waals surface area contributed by atoms with Crippen molar-refractivity contribution in [1.29, 1.82) is 0 Å². The summed E-state index contributed by atoms with van der Waals surface area (Å²) in [4.78, 5) is 16.7. The summed E-state index contributed by atoms with van der Waals surface area (Å²) in [5.41, 5.74) is 3.60. The summed E-state index contributed by atoms with van der Waals surface area (Å²) in [6.07, 6.45) is 3.97. The molecule has 0 bridgehead atoms. The summed E-state index contributed by atoms with van der Waals surface area (Å²) in [5, 5.41) is 26.9. The number of hydrogen-bond acceptors (Lipinski definition) is 6. The first-order chi connectivity index (χ1) is 16.2. The number of hydrogen-bond donors (Lipinski definition) is 2. The van der Waals surface area contributed by atoms with Crippen LogP contribution in [0.25, 0.3) is 5.69 Å². The van der Waals surface area contributed by atoms with Crippen molar-refractivity contribution in [2.75, 3.05) is 13.1 Å². The van der Waals surface area contributed by atoms with Crippen LogP contribution in [0.1, 0.15) is 53.5 Å². The van der Waals surface area contributed by atoms with E-state index in [-0.39, 0.29) is 17.8 Å². The molecule has 0 atom stereocenters. The molecule has 3 aromatic rings. The van der Waals surface area contributed by atoms with Crippen LogP contribution in [0.3, 0.4) is 0 Å². The van der Waals surface area contributed by atoms with Gasteiger partial charge < -0.3 is 20.7 Å². The van der Waals surface area contributed by atoms with Crippen LogP contribution in [0, 0.1) is 0 Å². The zero-order valence-electron chi connectivity index (χ0n) is 18.8. The Morgan fingerprint density at radius 1 is 1.15 bits per heavy atom. The number of nitrogens with one attached hydrogen (secondary N) is 2. The first kappa shape index (κ1) is 22.7. The Kier molecular flexibility index (Phi) is 7.47. The highest BCUT2D eigenvalue weighted by Crippen LogP contribution is 2.20. The lowest BCUT2D eigenvalue weighted by Gasteiger charge is -2.13. The molecule has 0 aliphatic heterocycles. The van der Waals surface area contributed by atoms with E-state index in [2.05, 4.69) is 38.1 Å². The third kappa shape index (κ3) is 6.04. The lowest BCUT2D eigenvalue weighted by Crippen LogP contribution is -2.28. The maximum atomic E-state index is 12.7. The molecule has 172 valence electrons. The van der Waals surface area contributed by atoms with Gasteiger partial charge in [0.1, 0.15) is 0 Å². The van der Waals surface area contributed by atoms with Crippen molar-refractivity contribution in [2.24, 2.45) is 4.99 Å². The monoisotopic (exact) mass is 445 g/mol. The quantitative estimate of drug-likeness (QED) is 0.267. The molecule has 1 aromatic heterocycles. The van der Waals surface area contributed by atoms with E-state index in [1.807, 2.05) is 25.1 Å². The third-order valence-electron chi connectivity index (χ3n) is 5.51. The van der Waals surface area contributed by atoms with Gasteiger partial charge in [0.25, 0.3) is 5.91 Å². The van der Waals surface area contributed by atoms with E-state index in [1.165, 1.54) is 5.56 Å². The molecule has 1 aliphatic carbocycles. The molecule has 1 amide bonds. The molecule has 1 aliphatic rings. The van der Waals surface area contributed by atoms with E-state index in [0.717, 1.165) is 37.9 Å². The molecule has 33 heavy (non-hydrogen) atoms. The lowest BCUT2D eigenvalue weighted by atomic mass is 10.1. The number of aromatic nitrogens is 3. The number of carbonyl (C=O) groups is 1. The molecule has 1 fully saturated rings. The molecule has 0 radical (unpaired) electrons. The van der Waals surface area contributed by atoms with Crippen LogP contribution in [0.2, 0.25) is 0 Å². The molecule has 2 N–H and O–H groups in total. The van der Waals surface area contributed by atoms with Crippen LogP contribution < -0.4 is 15.7 Å². The van der Waals surface area contributed by atoms with Gasteiger partial charge in [0.15, 0.2) is 5.69 Å². The number of rotatable bonds is 11. The van der Waals surface area contributed by atoms with Crippen molar-refractivity contribution in [2.45, 2.75) is 45.2 Å². The maximum absolute atomic E-state index is 12.7. The minimum Gasteiger partial charge on any atom is -0.858 e. The SMILES string of the molecule is CCN=C([O-])c1ccc(-n2nnc(C(=O)NC3CC3)c2CNCCCc2ccccc2)cc1. The van der Waals surface area contributed by atoms with Gasteiger partial charge in [-0.2, -0.15) is 0 Å². The van der Waals surface area contributed by atoms with E-state index >= 15 is 0 Å².